The Balaban J connectivity index is 3.37. The topological polar surface area (TPSA) is 142 Å². The molecule has 3 N–H and O–H groups in total. The number of benzene rings is 1. The summed E-state index contributed by atoms with van der Waals surface area (Å²) in [6.07, 6.45) is -1.06. The molecule has 1 amide bonds. The number of nitro groups is 1. The Bertz CT molecular complexity index is 570. The number of carbonyl (C=O) groups excluding carboxylic acids is 1. The maximum absolute atomic E-state index is 11.0. The van der Waals surface area contributed by atoms with Crippen LogP contribution in [0.3, 0.4) is 0 Å². The molecule has 0 aromatic heterocycles. The number of amides is 1. The number of carboxylic acid groups (broad SMARTS) is 1. The third-order valence-electron chi connectivity index (χ3n) is 2.41. The van der Waals surface area contributed by atoms with Gasteiger partial charge in [-0.1, -0.05) is 0 Å². The molecule has 0 aliphatic rings. The van der Waals surface area contributed by atoms with Crippen LogP contribution >= 0.6 is 0 Å². The van der Waals surface area contributed by atoms with Gasteiger partial charge in [-0.3, -0.25) is 14.9 Å². The molecule has 1 unspecified atom stereocenters. The van der Waals surface area contributed by atoms with E-state index in [0.717, 1.165) is 12.1 Å². The lowest BCUT2D eigenvalue weighted by Gasteiger charge is -2.14. The Morgan fingerprint density at radius 2 is 2.00 bits per heavy atom. The summed E-state index contributed by atoms with van der Waals surface area (Å²) in [5.41, 5.74) is 3.79. The lowest BCUT2D eigenvalue weighted by molar-refractivity contribution is -0.385. The molecule has 0 aliphatic carbocycles. The predicted molar refractivity (Wildman–Crippen MR) is 65.9 cm³/mol. The number of hydrogen-bond acceptors (Lipinski definition) is 6. The Kier molecular flexibility index (Phi) is 4.46. The molecule has 9 heteroatoms. The highest BCUT2D eigenvalue weighted by molar-refractivity contribution is 5.93. The molecule has 0 heterocycles. The van der Waals surface area contributed by atoms with Crippen LogP contribution < -0.4 is 15.2 Å². The summed E-state index contributed by atoms with van der Waals surface area (Å²) in [6, 6.07) is 1.82. The SMILES string of the molecule is COc1cc(C(=O)O)c([N+](=O)[O-])cc1OC(C)C(N)=O. The van der Waals surface area contributed by atoms with E-state index in [4.69, 9.17) is 20.3 Å². The number of primary amides is 1. The Morgan fingerprint density at radius 3 is 2.40 bits per heavy atom. The number of carboxylic acids is 1. The monoisotopic (exact) mass is 284 g/mol. The molecule has 1 aromatic rings. The zero-order chi connectivity index (χ0) is 15.4. The van der Waals surface area contributed by atoms with Crippen LogP contribution in [-0.4, -0.2) is 35.1 Å². The van der Waals surface area contributed by atoms with Crippen LogP contribution in [0.15, 0.2) is 12.1 Å². The van der Waals surface area contributed by atoms with Gasteiger partial charge in [0.05, 0.1) is 18.1 Å². The van der Waals surface area contributed by atoms with Crippen molar-refractivity contribution in [1.82, 2.24) is 0 Å². The van der Waals surface area contributed by atoms with Gasteiger partial charge in [0.2, 0.25) is 0 Å². The summed E-state index contributed by atoms with van der Waals surface area (Å²) >= 11 is 0. The first-order valence-corrected chi connectivity index (χ1v) is 5.33. The second kappa shape index (κ2) is 5.87. The molecule has 0 bridgehead atoms. The summed E-state index contributed by atoms with van der Waals surface area (Å²) in [5.74, 6) is -2.46. The molecular formula is C11H12N2O7. The number of carbonyl (C=O) groups is 2. The van der Waals surface area contributed by atoms with Crippen molar-refractivity contribution in [2.75, 3.05) is 7.11 Å². The van der Waals surface area contributed by atoms with Crippen molar-refractivity contribution in [3.8, 4) is 11.5 Å². The highest BCUT2D eigenvalue weighted by atomic mass is 16.6. The number of ether oxygens (including phenoxy) is 2. The maximum Gasteiger partial charge on any atom is 0.342 e. The number of nitrogens with two attached hydrogens (primary N) is 1. The first-order valence-electron chi connectivity index (χ1n) is 5.33. The van der Waals surface area contributed by atoms with Gasteiger partial charge in [-0.05, 0) is 6.92 Å². The fourth-order valence-corrected chi connectivity index (χ4v) is 1.37. The molecule has 0 saturated carbocycles. The van der Waals surface area contributed by atoms with E-state index >= 15 is 0 Å². The first-order chi connectivity index (χ1) is 9.27. The molecule has 108 valence electrons. The average molecular weight is 284 g/mol. The predicted octanol–water partition coefficient (Wildman–Crippen LogP) is 0.554. The summed E-state index contributed by atoms with van der Waals surface area (Å²) in [7, 11) is 1.23. The fraction of sp³-hybridized carbons (Fsp3) is 0.273. The van der Waals surface area contributed by atoms with Gasteiger partial charge in [0.15, 0.2) is 17.6 Å². The molecule has 20 heavy (non-hydrogen) atoms. The lowest BCUT2D eigenvalue weighted by atomic mass is 10.1. The van der Waals surface area contributed by atoms with Crippen LogP contribution in [0.1, 0.15) is 17.3 Å². The molecule has 1 aromatic carbocycles. The third-order valence-corrected chi connectivity index (χ3v) is 2.41. The van der Waals surface area contributed by atoms with E-state index in [0.29, 0.717) is 0 Å². The highest BCUT2D eigenvalue weighted by Crippen LogP contribution is 2.35. The minimum Gasteiger partial charge on any atom is -0.493 e. The molecule has 1 atom stereocenters. The van der Waals surface area contributed by atoms with Crippen LogP contribution in [-0.2, 0) is 4.79 Å². The summed E-state index contributed by atoms with van der Waals surface area (Å²) < 4.78 is 10.0. The van der Waals surface area contributed by atoms with Gasteiger partial charge >= 0.3 is 5.97 Å². The molecule has 0 spiro atoms. The second-order valence-electron chi connectivity index (χ2n) is 3.74. The van der Waals surface area contributed by atoms with Crippen LogP contribution in [0.5, 0.6) is 11.5 Å². The van der Waals surface area contributed by atoms with E-state index in [1.54, 1.807) is 0 Å². The van der Waals surface area contributed by atoms with E-state index in [-0.39, 0.29) is 11.5 Å². The first kappa shape index (κ1) is 15.2. The lowest BCUT2D eigenvalue weighted by Crippen LogP contribution is -2.30. The summed E-state index contributed by atoms with van der Waals surface area (Å²) in [4.78, 5) is 31.9. The van der Waals surface area contributed by atoms with Crippen molar-refractivity contribution in [3.05, 3.63) is 27.8 Å². The van der Waals surface area contributed by atoms with E-state index in [2.05, 4.69) is 0 Å². The number of rotatable bonds is 6. The van der Waals surface area contributed by atoms with Crippen LogP contribution in [0.2, 0.25) is 0 Å². The van der Waals surface area contributed by atoms with Gasteiger partial charge in [0.1, 0.15) is 5.56 Å². The number of nitrogens with zero attached hydrogens (tertiary/aromatic N) is 1. The number of aromatic carboxylic acids is 1. The van der Waals surface area contributed by atoms with Gasteiger partial charge in [-0.15, -0.1) is 0 Å². The largest absolute Gasteiger partial charge is 0.493 e. The van der Waals surface area contributed by atoms with Gasteiger partial charge in [0.25, 0.3) is 11.6 Å². The fourth-order valence-electron chi connectivity index (χ4n) is 1.37. The van der Waals surface area contributed by atoms with E-state index in [9.17, 15) is 19.7 Å². The molecular weight excluding hydrogens is 272 g/mol. The zero-order valence-electron chi connectivity index (χ0n) is 10.7. The van der Waals surface area contributed by atoms with Gasteiger partial charge in [-0.25, -0.2) is 4.79 Å². The number of methoxy groups -OCH3 is 1. The van der Waals surface area contributed by atoms with Crippen molar-refractivity contribution >= 4 is 17.6 Å². The quantitative estimate of drug-likeness (QED) is 0.573. The van der Waals surface area contributed by atoms with Crippen molar-refractivity contribution in [2.45, 2.75) is 13.0 Å². The third kappa shape index (κ3) is 3.13. The van der Waals surface area contributed by atoms with Crippen molar-refractivity contribution < 1.29 is 29.1 Å². The number of hydrogen-bond donors (Lipinski definition) is 2. The molecule has 1 rings (SSSR count). The molecule has 0 radical (unpaired) electrons. The van der Waals surface area contributed by atoms with E-state index in [1.807, 2.05) is 0 Å². The maximum atomic E-state index is 11.0. The summed E-state index contributed by atoms with van der Waals surface area (Å²) in [6.45, 7) is 1.35. The van der Waals surface area contributed by atoms with E-state index in [1.165, 1.54) is 14.0 Å². The average Bonchev–Trinajstić information content (AvgIpc) is 2.37. The number of nitro benzene ring substituents is 1. The molecule has 0 fully saturated rings. The Hall–Kier alpha value is -2.84. The van der Waals surface area contributed by atoms with Crippen LogP contribution in [0.25, 0.3) is 0 Å². The Labute approximate surface area is 113 Å². The van der Waals surface area contributed by atoms with Gasteiger partial charge < -0.3 is 20.3 Å². The normalized spacial score (nSPS) is 11.5. The highest BCUT2D eigenvalue weighted by Gasteiger charge is 2.25. The van der Waals surface area contributed by atoms with Crippen LogP contribution in [0.4, 0.5) is 5.69 Å². The van der Waals surface area contributed by atoms with E-state index < -0.39 is 34.2 Å². The molecule has 9 nitrogen and oxygen atoms in total. The summed E-state index contributed by atoms with van der Waals surface area (Å²) in [5, 5.41) is 19.8. The second-order valence-corrected chi connectivity index (χ2v) is 3.74. The molecule has 0 saturated heterocycles. The minimum absolute atomic E-state index is 0.0545. The molecule has 0 aliphatic heterocycles. The van der Waals surface area contributed by atoms with Crippen LogP contribution in [0, 0.1) is 10.1 Å². The van der Waals surface area contributed by atoms with Crippen molar-refractivity contribution in [2.24, 2.45) is 5.73 Å². The zero-order valence-corrected chi connectivity index (χ0v) is 10.7. The minimum atomic E-state index is -1.48. The Morgan fingerprint density at radius 1 is 1.40 bits per heavy atom. The van der Waals surface area contributed by atoms with Gasteiger partial charge in [0, 0.05) is 6.07 Å². The van der Waals surface area contributed by atoms with Gasteiger partial charge in [-0.2, -0.15) is 0 Å². The smallest absolute Gasteiger partial charge is 0.342 e. The standard InChI is InChI=1S/C11H12N2O7/c1-5(10(12)14)20-9-4-7(13(17)18)6(11(15)16)3-8(9)19-2/h3-5H,1-2H3,(H2,12,14)(H,15,16). The van der Waals surface area contributed by atoms with Crippen molar-refractivity contribution in [1.29, 1.82) is 0 Å². The van der Waals surface area contributed by atoms with Crippen molar-refractivity contribution in [3.63, 3.8) is 0 Å².